The van der Waals surface area contributed by atoms with Crippen molar-refractivity contribution < 1.29 is 9.53 Å². The molecule has 3 aromatic rings. The number of para-hydroxylation sites is 1. The van der Waals surface area contributed by atoms with Gasteiger partial charge in [-0.15, -0.1) is 0 Å². The van der Waals surface area contributed by atoms with Crippen molar-refractivity contribution in [1.82, 2.24) is 10.2 Å². The van der Waals surface area contributed by atoms with Crippen molar-refractivity contribution in [3.05, 3.63) is 88.9 Å². The molecule has 1 saturated heterocycles. The third kappa shape index (κ3) is 6.05. The number of hydrogen-bond acceptors (Lipinski definition) is 5. The number of amides is 1. The average molecular weight is 495 g/mol. The Morgan fingerprint density at radius 2 is 1.65 bits per heavy atom. The van der Waals surface area contributed by atoms with E-state index < -0.39 is 0 Å². The van der Waals surface area contributed by atoms with Gasteiger partial charge in [0.15, 0.2) is 5.11 Å². The summed E-state index contributed by atoms with van der Waals surface area (Å²) < 4.78 is 5.24. The van der Waals surface area contributed by atoms with Crippen molar-refractivity contribution in [2.45, 2.75) is 6.54 Å². The maximum absolute atomic E-state index is 12.5. The molecule has 0 bridgehead atoms. The molecule has 0 unspecified atom stereocenters. The van der Waals surface area contributed by atoms with Crippen LogP contribution in [0.5, 0.6) is 5.75 Å². The van der Waals surface area contributed by atoms with Gasteiger partial charge in [0.1, 0.15) is 5.75 Å². The van der Waals surface area contributed by atoms with E-state index in [1.807, 2.05) is 36.4 Å². The fraction of sp³-hybridized carbons (Fsp3) is 0.231. The summed E-state index contributed by atoms with van der Waals surface area (Å²) in [5.74, 6) is 0.181. The van der Waals surface area contributed by atoms with Crippen LogP contribution in [0.3, 0.4) is 0 Å². The number of anilines is 2. The zero-order valence-corrected chi connectivity index (χ0v) is 20.5. The van der Waals surface area contributed by atoms with Gasteiger partial charge in [-0.2, -0.15) is 0 Å². The Kier molecular flexibility index (Phi) is 8.00. The summed E-state index contributed by atoms with van der Waals surface area (Å²) in [4.78, 5) is 17.3. The quantitative estimate of drug-likeness (QED) is 0.480. The molecular weight excluding hydrogens is 468 g/mol. The molecule has 0 aromatic heterocycles. The van der Waals surface area contributed by atoms with Crippen LogP contribution in [0.2, 0.25) is 5.02 Å². The van der Waals surface area contributed by atoms with Gasteiger partial charge in [0.25, 0.3) is 5.91 Å². The number of rotatable bonds is 6. The van der Waals surface area contributed by atoms with Crippen LogP contribution < -0.4 is 20.3 Å². The number of nitrogens with zero attached hydrogens (tertiary/aromatic N) is 2. The maximum Gasteiger partial charge on any atom is 0.261 e. The molecule has 6 nitrogen and oxygen atoms in total. The maximum atomic E-state index is 12.5. The zero-order chi connectivity index (χ0) is 23.9. The Morgan fingerprint density at radius 3 is 2.35 bits per heavy atom. The topological polar surface area (TPSA) is 56.8 Å². The molecular formula is C26H27ClN4O2S. The molecule has 0 atom stereocenters. The molecule has 34 heavy (non-hydrogen) atoms. The molecule has 8 heteroatoms. The van der Waals surface area contributed by atoms with Crippen LogP contribution in [-0.2, 0) is 6.54 Å². The number of benzene rings is 3. The summed E-state index contributed by atoms with van der Waals surface area (Å²) in [6.45, 7) is 4.72. The van der Waals surface area contributed by atoms with Crippen molar-refractivity contribution >= 4 is 46.2 Å². The minimum atomic E-state index is -0.318. The largest absolute Gasteiger partial charge is 0.496 e. The molecule has 0 aliphatic carbocycles. The first kappa shape index (κ1) is 24.0. The van der Waals surface area contributed by atoms with Crippen molar-refractivity contribution in [3.8, 4) is 5.75 Å². The molecule has 1 aliphatic heterocycles. The lowest BCUT2D eigenvalue weighted by Crippen LogP contribution is -2.46. The molecule has 1 aliphatic rings. The number of ether oxygens (including phenoxy) is 1. The number of methoxy groups -OCH3 is 1. The minimum absolute atomic E-state index is 0.233. The van der Waals surface area contributed by atoms with Gasteiger partial charge in [0.2, 0.25) is 0 Å². The second-order valence-electron chi connectivity index (χ2n) is 8.01. The van der Waals surface area contributed by atoms with Gasteiger partial charge < -0.3 is 15.0 Å². The Labute approximate surface area is 210 Å². The van der Waals surface area contributed by atoms with Crippen molar-refractivity contribution in [2.75, 3.05) is 43.5 Å². The number of piperazine rings is 1. The highest BCUT2D eigenvalue weighted by atomic mass is 35.5. The van der Waals surface area contributed by atoms with Crippen LogP contribution in [0, 0.1) is 0 Å². The fourth-order valence-electron chi connectivity index (χ4n) is 3.95. The molecule has 1 fully saturated rings. The standard InChI is InChI=1S/C26H27ClN4O2S/c1-33-24-9-5-3-7-22(24)25(32)29-26(34)28-20-10-12-21(13-11-20)31-16-14-30(15-17-31)18-19-6-2-4-8-23(19)27/h2-13H,14-18H2,1H3,(H2,28,29,32,34). The van der Waals surface area contributed by atoms with Crippen LogP contribution in [0.15, 0.2) is 72.8 Å². The highest BCUT2D eigenvalue weighted by Gasteiger charge is 2.18. The zero-order valence-electron chi connectivity index (χ0n) is 19.0. The molecule has 1 amide bonds. The van der Waals surface area contributed by atoms with Crippen molar-refractivity contribution in [1.29, 1.82) is 0 Å². The third-order valence-corrected chi connectivity index (χ3v) is 6.37. The minimum Gasteiger partial charge on any atom is -0.496 e. The molecule has 2 N–H and O–H groups in total. The Balaban J connectivity index is 1.27. The van der Waals surface area contributed by atoms with E-state index in [9.17, 15) is 4.79 Å². The van der Waals surface area contributed by atoms with E-state index in [-0.39, 0.29) is 11.0 Å². The highest BCUT2D eigenvalue weighted by molar-refractivity contribution is 7.80. The van der Waals surface area contributed by atoms with Crippen molar-refractivity contribution in [2.24, 2.45) is 0 Å². The number of hydrogen-bond donors (Lipinski definition) is 2. The van der Waals surface area contributed by atoms with E-state index in [4.69, 9.17) is 28.6 Å². The van der Waals surface area contributed by atoms with Gasteiger partial charge in [-0.05, 0) is 60.2 Å². The third-order valence-electron chi connectivity index (χ3n) is 5.79. The lowest BCUT2D eigenvalue weighted by Gasteiger charge is -2.36. The fourth-order valence-corrected chi connectivity index (χ4v) is 4.36. The molecule has 4 rings (SSSR count). The first-order valence-electron chi connectivity index (χ1n) is 11.1. The van der Waals surface area contributed by atoms with Crippen LogP contribution in [0.4, 0.5) is 11.4 Å². The van der Waals surface area contributed by atoms with Gasteiger partial charge >= 0.3 is 0 Å². The van der Waals surface area contributed by atoms with E-state index in [1.165, 1.54) is 12.7 Å². The van der Waals surface area contributed by atoms with Crippen LogP contribution >= 0.6 is 23.8 Å². The first-order valence-corrected chi connectivity index (χ1v) is 11.9. The summed E-state index contributed by atoms with van der Waals surface area (Å²) in [6, 6.07) is 23.1. The Morgan fingerprint density at radius 1 is 0.971 bits per heavy atom. The van der Waals surface area contributed by atoms with E-state index in [1.54, 1.807) is 18.2 Å². The summed E-state index contributed by atoms with van der Waals surface area (Å²) in [5, 5.41) is 6.83. The summed E-state index contributed by atoms with van der Waals surface area (Å²) >= 11 is 11.6. The van der Waals surface area contributed by atoms with Crippen molar-refractivity contribution in [3.63, 3.8) is 0 Å². The highest BCUT2D eigenvalue weighted by Crippen LogP contribution is 2.22. The first-order chi connectivity index (χ1) is 16.5. The summed E-state index contributed by atoms with van der Waals surface area (Å²) in [7, 11) is 1.53. The normalized spacial score (nSPS) is 13.9. The molecule has 0 saturated carbocycles. The second kappa shape index (κ2) is 11.3. The van der Waals surface area contributed by atoms with Gasteiger partial charge in [0, 0.05) is 49.1 Å². The monoisotopic (exact) mass is 494 g/mol. The van der Waals surface area contributed by atoms with Gasteiger partial charge in [-0.25, -0.2) is 0 Å². The van der Waals surface area contributed by atoms with Gasteiger partial charge in [-0.3, -0.25) is 15.0 Å². The number of thiocarbonyl (C=S) groups is 1. The summed E-state index contributed by atoms with van der Waals surface area (Å²) in [6.07, 6.45) is 0. The predicted octanol–water partition coefficient (Wildman–Crippen LogP) is 4.80. The lowest BCUT2D eigenvalue weighted by atomic mass is 10.2. The summed E-state index contributed by atoms with van der Waals surface area (Å²) in [5.41, 5.74) is 3.57. The Bertz CT molecular complexity index is 1150. The average Bonchev–Trinajstić information content (AvgIpc) is 2.86. The van der Waals surface area contributed by atoms with Crippen LogP contribution in [0.25, 0.3) is 0 Å². The smallest absolute Gasteiger partial charge is 0.261 e. The number of carbonyl (C=O) groups is 1. The van der Waals surface area contributed by atoms with E-state index in [0.29, 0.717) is 11.3 Å². The van der Waals surface area contributed by atoms with Gasteiger partial charge in [0.05, 0.1) is 12.7 Å². The molecule has 0 spiro atoms. The predicted molar refractivity (Wildman–Crippen MR) is 142 cm³/mol. The number of halogens is 1. The molecule has 0 radical (unpaired) electrons. The van der Waals surface area contributed by atoms with Crippen LogP contribution in [-0.4, -0.2) is 49.2 Å². The second-order valence-corrected chi connectivity index (χ2v) is 8.83. The molecule has 1 heterocycles. The SMILES string of the molecule is COc1ccccc1C(=O)NC(=S)Nc1ccc(N2CCN(Cc3ccccc3Cl)CC2)cc1. The molecule has 3 aromatic carbocycles. The Hall–Kier alpha value is -3.13. The van der Waals surface area contributed by atoms with Crippen LogP contribution in [0.1, 0.15) is 15.9 Å². The number of nitrogens with one attached hydrogen (secondary N) is 2. The van der Waals surface area contributed by atoms with E-state index in [2.05, 4.69) is 38.6 Å². The van der Waals surface area contributed by atoms with Gasteiger partial charge in [-0.1, -0.05) is 41.9 Å². The van der Waals surface area contributed by atoms with E-state index >= 15 is 0 Å². The van der Waals surface area contributed by atoms with E-state index in [0.717, 1.165) is 49.1 Å². The lowest BCUT2D eigenvalue weighted by molar-refractivity contribution is 0.0975. The number of carbonyl (C=O) groups excluding carboxylic acids is 1. The molecule has 176 valence electrons.